The highest BCUT2D eigenvalue weighted by atomic mass is 16.5. The van der Waals surface area contributed by atoms with Gasteiger partial charge in [0.1, 0.15) is 0 Å². The number of guanidine groups is 1. The molecule has 0 aliphatic carbocycles. The second-order valence-corrected chi connectivity index (χ2v) is 8.11. The highest BCUT2D eigenvalue weighted by Crippen LogP contribution is 2.30. The van der Waals surface area contributed by atoms with Gasteiger partial charge >= 0.3 is 0 Å². The summed E-state index contributed by atoms with van der Waals surface area (Å²) in [5.41, 5.74) is 5.34. The molecule has 8 nitrogen and oxygen atoms in total. The fraction of sp³-hybridized carbons (Fsp3) is 0.346. The minimum atomic E-state index is -0.356. The van der Waals surface area contributed by atoms with Crippen LogP contribution in [0.4, 0.5) is 5.69 Å². The van der Waals surface area contributed by atoms with Crippen molar-refractivity contribution in [3.8, 4) is 11.5 Å². The number of para-hydroxylation sites is 1. The maximum absolute atomic E-state index is 13.2. The average molecular weight is 464 g/mol. The van der Waals surface area contributed by atoms with Crippen LogP contribution in [-0.2, 0) is 13.1 Å². The van der Waals surface area contributed by atoms with E-state index in [1.165, 1.54) is 14.2 Å². The zero-order valence-corrected chi connectivity index (χ0v) is 20.7. The molecular weight excluding hydrogens is 430 g/mol. The molecule has 0 bridgehead atoms. The van der Waals surface area contributed by atoms with Crippen molar-refractivity contribution in [2.75, 3.05) is 19.5 Å². The number of aliphatic imine (C=N–C) groups is 1. The molecule has 180 valence electrons. The molecule has 1 amide bonds. The number of aromatic nitrogens is 2. The van der Waals surface area contributed by atoms with Crippen molar-refractivity contribution < 1.29 is 14.3 Å². The van der Waals surface area contributed by atoms with E-state index < -0.39 is 0 Å². The summed E-state index contributed by atoms with van der Waals surface area (Å²) in [7, 11) is 3.05. The Morgan fingerprint density at radius 3 is 2.59 bits per heavy atom. The number of hydrogen-bond acceptors (Lipinski definition) is 5. The van der Waals surface area contributed by atoms with Gasteiger partial charge in [0.2, 0.25) is 5.96 Å². The molecule has 0 atom stereocenters. The molecular formula is C26H33N5O3. The lowest BCUT2D eigenvalue weighted by Crippen LogP contribution is -2.36. The number of rotatable bonds is 8. The number of carbonyl (C=O) groups excluding carboxylic acids is 1. The molecule has 0 saturated carbocycles. The summed E-state index contributed by atoms with van der Waals surface area (Å²) in [4.78, 5) is 17.9. The number of amides is 1. The zero-order valence-electron chi connectivity index (χ0n) is 20.7. The summed E-state index contributed by atoms with van der Waals surface area (Å²) in [5.74, 6) is 0.828. The summed E-state index contributed by atoms with van der Waals surface area (Å²) in [6.07, 6.45) is 3.01. The van der Waals surface area contributed by atoms with Crippen molar-refractivity contribution >= 4 is 17.6 Å². The zero-order chi connectivity index (χ0) is 24.7. The first-order chi connectivity index (χ1) is 16.4. The summed E-state index contributed by atoms with van der Waals surface area (Å²) in [6, 6.07) is 11.2. The number of ether oxygens (including phenoxy) is 2. The molecule has 0 aliphatic rings. The number of nitrogens with zero attached hydrogens (tertiary/aromatic N) is 3. The number of hydrogen-bond donors (Lipinski definition) is 2. The molecule has 2 N–H and O–H groups in total. The van der Waals surface area contributed by atoms with Crippen LogP contribution in [0.3, 0.4) is 0 Å². The lowest BCUT2D eigenvalue weighted by molar-refractivity contribution is 0.0973. The molecule has 0 fully saturated rings. The second-order valence-electron chi connectivity index (χ2n) is 8.11. The first kappa shape index (κ1) is 24.8. The van der Waals surface area contributed by atoms with Gasteiger partial charge in [-0.2, -0.15) is 5.10 Å². The molecule has 3 rings (SSSR count). The van der Waals surface area contributed by atoms with Crippen molar-refractivity contribution in [3.63, 3.8) is 0 Å². The summed E-state index contributed by atoms with van der Waals surface area (Å²) in [5, 5.41) is 10.7. The number of nitrogens with one attached hydrogen (secondary N) is 2. The smallest absolute Gasteiger partial charge is 0.261 e. The number of carbonyl (C=O) groups is 1. The predicted molar refractivity (Wildman–Crippen MR) is 135 cm³/mol. The second kappa shape index (κ2) is 11.4. The quantitative estimate of drug-likeness (QED) is 0.375. The molecule has 1 aromatic heterocycles. The summed E-state index contributed by atoms with van der Waals surface area (Å²) < 4.78 is 12.7. The van der Waals surface area contributed by atoms with Crippen molar-refractivity contribution in [2.24, 2.45) is 4.99 Å². The molecule has 1 heterocycles. The van der Waals surface area contributed by atoms with E-state index in [0.29, 0.717) is 29.6 Å². The third-order valence-electron chi connectivity index (χ3n) is 5.42. The Morgan fingerprint density at radius 2 is 1.91 bits per heavy atom. The van der Waals surface area contributed by atoms with E-state index in [1.807, 2.05) is 43.8 Å². The van der Waals surface area contributed by atoms with E-state index in [9.17, 15) is 4.79 Å². The van der Waals surface area contributed by atoms with Gasteiger partial charge < -0.3 is 14.8 Å². The van der Waals surface area contributed by atoms with Gasteiger partial charge in [0.15, 0.2) is 11.5 Å². The van der Waals surface area contributed by atoms with Gasteiger partial charge in [-0.25, -0.2) is 4.99 Å². The van der Waals surface area contributed by atoms with Gasteiger partial charge in [-0.3, -0.25) is 14.8 Å². The Kier molecular flexibility index (Phi) is 8.29. The van der Waals surface area contributed by atoms with Gasteiger partial charge in [0, 0.05) is 24.0 Å². The minimum Gasteiger partial charge on any atom is -0.493 e. The fourth-order valence-electron chi connectivity index (χ4n) is 3.65. The summed E-state index contributed by atoms with van der Waals surface area (Å²) in [6.45, 7) is 9.36. The number of benzene rings is 2. The third-order valence-corrected chi connectivity index (χ3v) is 5.42. The van der Waals surface area contributed by atoms with Crippen LogP contribution in [0.25, 0.3) is 0 Å². The van der Waals surface area contributed by atoms with Gasteiger partial charge in [0.25, 0.3) is 5.91 Å². The number of aryl methyl sites for hydroxylation is 4. The standard InChI is InChI=1S/C26H33N5O3/c1-7-13-31-16-20(19(4)30-31)15-27-26(28-22-12-11-17(2)14-18(22)3)29-25(32)21-9-8-10-23(33-5)24(21)34-6/h8-12,14,16H,7,13,15H2,1-6H3,(H2,27,28,29,32). The van der Waals surface area contributed by atoms with Crippen LogP contribution in [0, 0.1) is 20.8 Å². The minimum absolute atomic E-state index is 0.337. The van der Waals surface area contributed by atoms with E-state index in [1.54, 1.807) is 18.2 Å². The van der Waals surface area contributed by atoms with Gasteiger partial charge in [-0.05, 0) is 51.0 Å². The maximum atomic E-state index is 13.2. The van der Waals surface area contributed by atoms with Crippen molar-refractivity contribution in [1.29, 1.82) is 0 Å². The Balaban J connectivity index is 1.91. The van der Waals surface area contributed by atoms with Crippen molar-refractivity contribution in [1.82, 2.24) is 15.1 Å². The van der Waals surface area contributed by atoms with Gasteiger partial charge in [-0.15, -0.1) is 0 Å². The third kappa shape index (κ3) is 5.95. The monoisotopic (exact) mass is 463 g/mol. The SMILES string of the molecule is CCCn1cc(CN=C(NC(=O)c2cccc(OC)c2OC)Nc2ccc(C)cc2C)c(C)n1. The van der Waals surface area contributed by atoms with Crippen LogP contribution in [0.5, 0.6) is 11.5 Å². The molecule has 0 saturated heterocycles. The first-order valence-electron chi connectivity index (χ1n) is 11.3. The van der Waals surface area contributed by atoms with Crippen LogP contribution in [-0.4, -0.2) is 35.9 Å². The average Bonchev–Trinajstić information content (AvgIpc) is 3.17. The molecule has 0 unspecified atom stereocenters. The molecule has 0 spiro atoms. The van der Waals surface area contributed by atoms with Crippen LogP contribution < -0.4 is 20.1 Å². The lowest BCUT2D eigenvalue weighted by atomic mass is 10.1. The van der Waals surface area contributed by atoms with Crippen molar-refractivity contribution in [3.05, 3.63) is 70.5 Å². The van der Waals surface area contributed by atoms with Gasteiger partial charge in [0.05, 0.1) is 32.0 Å². The van der Waals surface area contributed by atoms with Crippen LogP contribution in [0.1, 0.15) is 46.1 Å². The van der Waals surface area contributed by atoms with E-state index in [2.05, 4.69) is 28.7 Å². The number of methoxy groups -OCH3 is 2. The molecule has 3 aromatic rings. The fourth-order valence-corrected chi connectivity index (χ4v) is 3.65. The Morgan fingerprint density at radius 1 is 1.12 bits per heavy atom. The Hall–Kier alpha value is -3.81. The molecule has 0 aliphatic heterocycles. The van der Waals surface area contributed by atoms with Crippen molar-refractivity contribution in [2.45, 2.75) is 47.2 Å². The largest absolute Gasteiger partial charge is 0.493 e. The van der Waals surface area contributed by atoms with E-state index in [0.717, 1.165) is 41.0 Å². The van der Waals surface area contributed by atoms with Crippen LogP contribution in [0.2, 0.25) is 0 Å². The Bertz CT molecular complexity index is 1180. The Labute approximate surface area is 201 Å². The maximum Gasteiger partial charge on any atom is 0.261 e. The van der Waals surface area contributed by atoms with Crippen LogP contribution >= 0.6 is 0 Å². The summed E-state index contributed by atoms with van der Waals surface area (Å²) >= 11 is 0. The first-order valence-corrected chi connectivity index (χ1v) is 11.3. The van der Waals surface area contributed by atoms with Crippen LogP contribution in [0.15, 0.2) is 47.6 Å². The highest BCUT2D eigenvalue weighted by Gasteiger charge is 2.18. The molecule has 2 aromatic carbocycles. The van der Waals surface area contributed by atoms with E-state index >= 15 is 0 Å². The number of anilines is 1. The normalized spacial score (nSPS) is 11.3. The van der Waals surface area contributed by atoms with E-state index in [-0.39, 0.29) is 5.91 Å². The lowest BCUT2D eigenvalue weighted by Gasteiger charge is -2.16. The molecule has 8 heteroatoms. The molecule has 34 heavy (non-hydrogen) atoms. The predicted octanol–water partition coefficient (Wildman–Crippen LogP) is 4.63. The van der Waals surface area contributed by atoms with E-state index in [4.69, 9.17) is 14.5 Å². The van der Waals surface area contributed by atoms with Gasteiger partial charge in [-0.1, -0.05) is 30.7 Å². The topological polar surface area (TPSA) is 89.8 Å². The molecule has 0 radical (unpaired) electrons. The highest BCUT2D eigenvalue weighted by molar-refractivity contribution is 6.11.